The summed E-state index contributed by atoms with van der Waals surface area (Å²) in [5.41, 5.74) is 2.22. The highest BCUT2D eigenvalue weighted by molar-refractivity contribution is 5.98. The summed E-state index contributed by atoms with van der Waals surface area (Å²) in [6.07, 6.45) is 3.62. The van der Waals surface area contributed by atoms with Gasteiger partial charge >= 0.3 is 5.97 Å². The van der Waals surface area contributed by atoms with Crippen molar-refractivity contribution in [2.45, 2.75) is 0 Å². The normalized spacial score (nSPS) is 10.2. The van der Waals surface area contributed by atoms with Gasteiger partial charge in [0.2, 0.25) is 0 Å². The number of ether oxygens (including phenoxy) is 2. The number of aryl methyl sites for hydroxylation is 1. The number of carbonyl (C=O) groups is 1. The summed E-state index contributed by atoms with van der Waals surface area (Å²) in [5.74, 6) is 0.380. The SMILES string of the molecule is COC(=O)c1cn(C)cc1-c1ccccc1OC. The van der Waals surface area contributed by atoms with E-state index in [4.69, 9.17) is 9.47 Å². The lowest BCUT2D eigenvalue weighted by molar-refractivity contribution is 0.0601. The Balaban J connectivity index is 2.60. The molecular weight excluding hydrogens is 230 g/mol. The zero-order chi connectivity index (χ0) is 13.1. The van der Waals surface area contributed by atoms with E-state index >= 15 is 0 Å². The maximum Gasteiger partial charge on any atom is 0.340 e. The summed E-state index contributed by atoms with van der Waals surface area (Å²) < 4.78 is 11.9. The van der Waals surface area contributed by atoms with Crippen LogP contribution in [0.5, 0.6) is 5.75 Å². The number of hydrogen-bond acceptors (Lipinski definition) is 3. The molecule has 4 heteroatoms. The van der Waals surface area contributed by atoms with E-state index in [-0.39, 0.29) is 5.97 Å². The van der Waals surface area contributed by atoms with E-state index in [2.05, 4.69) is 0 Å². The Morgan fingerprint density at radius 1 is 1.11 bits per heavy atom. The number of benzene rings is 1. The van der Waals surface area contributed by atoms with Gasteiger partial charge in [-0.05, 0) is 6.07 Å². The molecule has 0 amide bonds. The van der Waals surface area contributed by atoms with Crippen LogP contribution < -0.4 is 4.74 Å². The fourth-order valence-electron chi connectivity index (χ4n) is 1.94. The summed E-state index contributed by atoms with van der Waals surface area (Å²) in [6, 6.07) is 7.58. The third-order valence-corrected chi connectivity index (χ3v) is 2.76. The van der Waals surface area contributed by atoms with E-state index in [0.29, 0.717) is 5.56 Å². The fraction of sp³-hybridized carbons (Fsp3) is 0.214. The van der Waals surface area contributed by atoms with Crippen LogP contribution in [-0.4, -0.2) is 24.8 Å². The second kappa shape index (κ2) is 4.96. The second-order valence-corrected chi connectivity index (χ2v) is 3.94. The van der Waals surface area contributed by atoms with Gasteiger partial charge in [-0.3, -0.25) is 0 Å². The van der Waals surface area contributed by atoms with E-state index in [1.165, 1.54) is 7.11 Å². The fourth-order valence-corrected chi connectivity index (χ4v) is 1.94. The van der Waals surface area contributed by atoms with Crippen molar-refractivity contribution in [3.63, 3.8) is 0 Å². The average molecular weight is 245 g/mol. The molecule has 1 heterocycles. The largest absolute Gasteiger partial charge is 0.496 e. The number of para-hydroxylation sites is 1. The molecule has 2 aromatic rings. The molecule has 0 bridgehead atoms. The smallest absolute Gasteiger partial charge is 0.340 e. The lowest BCUT2D eigenvalue weighted by Crippen LogP contribution is -2.01. The lowest BCUT2D eigenvalue weighted by Gasteiger charge is -2.08. The van der Waals surface area contributed by atoms with Crippen LogP contribution in [0.4, 0.5) is 0 Å². The van der Waals surface area contributed by atoms with Crippen LogP contribution in [0.15, 0.2) is 36.7 Å². The molecular formula is C14H15NO3. The molecule has 0 unspecified atom stereocenters. The monoisotopic (exact) mass is 245 g/mol. The van der Waals surface area contributed by atoms with Crippen LogP contribution in [0.3, 0.4) is 0 Å². The Hall–Kier alpha value is -2.23. The molecule has 0 saturated heterocycles. The minimum Gasteiger partial charge on any atom is -0.496 e. The van der Waals surface area contributed by atoms with Crippen LogP contribution in [0.1, 0.15) is 10.4 Å². The van der Waals surface area contributed by atoms with E-state index in [1.807, 2.05) is 42.1 Å². The van der Waals surface area contributed by atoms with Gasteiger partial charge in [0.25, 0.3) is 0 Å². The quantitative estimate of drug-likeness (QED) is 0.780. The van der Waals surface area contributed by atoms with Crippen LogP contribution in [-0.2, 0) is 11.8 Å². The topological polar surface area (TPSA) is 40.5 Å². The predicted molar refractivity (Wildman–Crippen MR) is 68.7 cm³/mol. The molecule has 4 nitrogen and oxygen atoms in total. The molecule has 94 valence electrons. The third kappa shape index (κ3) is 2.09. The molecule has 0 aliphatic heterocycles. The molecule has 0 saturated carbocycles. The van der Waals surface area contributed by atoms with E-state index in [9.17, 15) is 4.79 Å². The summed E-state index contributed by atoms with van der Waals surface area (Å²) in [7, 11) is 4.85. The highest BCUT2D eigenvalue weighted by Crippen LogP contribution is 2.32. The molecule has 1 aromatic heterocycles. The van der Waals surface area contributed by atoms with Gasteiger partial charge in [0.05, 0.1) is 19.8 Å². The lowest BCUT2D eigenvalue weighted by atomic mass is 10.0. The molecule has 18 heavy (non-hydrogen) atoms. The zero-order valence-corrected chi connectivity index (χ0v) is 10.6. The molecule has 0 fully saturated rings. The van der Waals surface area contributed by atoms with Crippen molar-refractivity contribution < 1.29 is 14.3 Å². The Bertz CT molecular complexity index is 572. The minimum atomic E-state index is -0.350. The molecule has 2 rings (SSSR count). The summed E-state index contributed by atoms with van der Waals surface area (Å²) in [5, 5.41) is 0. The molecule has 0 atom stereocenters. The van der Waals surface area contributed by atoms with Gasteiger partial charge in [-0.15, -0.1) is 0 Å². The number of carbonyl (C=O) groups excluding carboxylic acids is 1. The van der Waals surface area contributed by atoms with Crippen LogP contribution in [0.25, 0.3) is 11.1 Å². The molecule has 0 aliphatic rings. The van der Waals surface area contributed by atoms with Gasteiger partial charge in [0, 0.05) is 30.6 Å². The Morgan fingerprint density at radius 2 is 1.83 bits per heavy atom. The maximum atomic E-state index is 11.7. The second-order valence-electron chi connectivity index (χ2n) is 3.94. The molecule has 0 N–H and O–H groups in total. The number of aromatic nitrogens is 1. The van der Waals surface area contributed by atoms with Crippen LogP contribution in [0, 0.1) is 0 Å². The van der Waals surface area contributed by atoms with Crippen molar-refractivity contribution in [2.24, 2.45) is 7.05 Å². The van der Waals surface area contributed by atoms with Gasteiger partial charge in [0.1, 0.15) is 5.75 Å². The maximum absolute atomic E-state index is 11.7. The zero-order valence-electron chi connectivity index (χ0n) is 10.6. The van der Waals surface area contributed by atoms with Gasteiger partial charge < -0.3 is 14.0 Å². The van der Waals surface area contributed by atoms with Gasteiger partial charge in [-0.25, -0.2) is 4.79 Å². The van der Waals surface area contributed by atoms with Crippen molar-refractivity contribution in [1.29, 1.82) is 0 Å². The van der Waals surface area contributed by atoms with Gasteiger partial charge in [-0.2, -0.15) is 0 Å². The summed E-state index contributed by atoms with van der Waals surface area (Å²) in [6.45, 7) is 0. The summed E-state index contributed by atoms with van der Waals surface area (Å²) in [4.78, 5) is 11.7. The first-order valence-electron chi connectivity index (χ1n) is 5.55. The van der Waals surface area contributed by atoms with Crippen molar-refractivity contribution in [3.05, 3.63) is 42.2 Å². The van der Waals surface area contributed by atoms with Crippen molar-refractivity contribution >= 4 is 5.97 Å². The number of nitrogens with zero attached hydrogens (tertiary/aromatic N) is 1. The molecule has 1 aromatic carbocycles. The summed E-state index contributed by atoms with van der Waals surface area (Å²) >= 11 is 0. The molecule has 0 radical (unpaired) electrons. The van der Waals surface area contributed by atoms with E-state index in [1.54, 1.807) is 13.3 Å². The van der Waals surface area contributed by atoms with Gasteiger partial charge in [0.15, 0.2) is 0 Å². The number of hydrogen-bond donors (Lipinski definition) is 0. The first-order chi connectivity index (χ1) is 8.67. The highest BCUT2D eigenvalue weighted by atomic mass is 16.5. The average Bonchev–Trinajstić information content (AvgIpc) is 2.79. The highest BCUT2D eigenvalue weighted by Gasteiger charge is 2.17. The van der Waals surface area contributed by atoms with E-state index < -0.39 is 0 Å². The standard InChI is InChI=1S/C14H15NO3/c1-15-8-11(12(9-15)14(16)18-3)10-6-4-5-7-13(10)17-2/h4-9H,1-3H3. The Kier molecular flexibility index (Phi) is 3.37. The first-order valence-corrected chi connectivity index (χ1v) is 5.55. The van der Waals surface area contributed by atoms with E-state index in [0.717, 1.165) is 16.9 Å². The van der Waals surface area contributed by atoms with Crippen molar-refractivity contribution in [3.8, 4) is 16.9 Å². The Morgan fingerprint density at radius 3 is 2.50 bits per heavy atom. The number of methoxy groups -OCH3 is 2. The van der Waals surface area contributed by atoms with Crippen LogP contribution >= 0.6 is 0 Å². The molecule has 0 spiro atoms. The molecule has 0 aliphatic carbocycles. The third-order valence-electron chi connectivity index (χ3n) is 2.76. The Labute approximate surface area is 106 Å². The van der Waals surface area contributed by atoms with Crippen molar-refractivity contribution in [2.75, 3.05) is 14.2 Å². The predicted octanol–water partition coefficient (Wildman–Crippen LogP) is 2.49. The minimum absolute atomic E-state index is 0.350. The number of esters is 1. The van der Waals surface area contributed by atoms with Crippen LogP contribution in [0.2, 0.25) is 0 Å². The number of rotatable bonds is 3. The van der Waals surface area contributed by atoms with Crippen molar-refractivity contribution in [1.82, 2.24) is 4.57 Å². The van der Waals surface area contributed by atoms with Gasteiger partial charge in [-0.1, -0.05) is 18.2 Å². The first kappa shape index (κ1) is 12.2.